The number of carbonyl (C=O) groups excluding carboxylic acids is 2. The normalized spacial score (nSPS) is 12.7. The van der Waals surface area contributed by atoms with Crippen LogP contribution in [0.4, 0.5) is 5.69 Å². The van der Waals surface area contributed by atoms with Crippen LogP contribution < -0.4 is 14.4 Å². The SMILES string of the molecule is CC[C@H](C)NC(=O)[C@H](CC)N(Cc1ccc(OC)cc1)C(=O)CN(c1cc(C)ccc1C)S(=O)(=O)c1ccc(C)cc1. The summed E-state index contributed by atoms with van der Waals surface area (Å²) < 4.78 is 34.7. The predicted octanol–water partition coefficient (Wildman–Crippen LogP) is 5.54. The molecule has 0 spiro atoms. The second-order valence-electron chi connectivity index (χ2n) is 10.7. The third kappa shape index (κ3) is 7.91. The van der Waals surface area contributed by atoms with E-state index in [4.69, 9.17) is 4.74 Å². The minimum absolute atomic E-state index is 0.0714. The summed E-state index contributed by atoms with van der Waals surface area (Å²) in [4.78, 5) is 29.3. The van der Waals surface area contributed by atoms with E-state index in [0.717, 1.165) is 23.1 Å². The number of carbonyl (C=O) groups is 2. The summed E-state index contributed by atoms with van der Waals surface area (Å²) >= 11 is 0. The lowest BCUT2D eigenvalue weighted by atomic mass is 10.1. The monoisotopic (exact) mass is 593 g/mol. The van der Waals surface area contributed by atoms with Crippen molar-refractivity contribution in [3.05, 3.63) is 89.0 Å². The van der Waals surface area contributed by atoms with E-state index >= 15 is 0 Å². The van der Waals surface area contributed by atoms with Crippen LogP contribution in [0.5, 0.6) is 5.75 Å². The highest BCUT2D eigenvalue weighted by Crippen LogP contribution is 2.29. The number of nitrogens with zero attached hydrogens (tertiary/aromatic N) is 2. The molecule has 2 amide bonds. The van der Waals surface area contributed by atoms with Crippen LogP contribution in [0.15, 0.2) is 71.6 Å². The van der Waals surface area contributed by atoms with E-state index in [1.807, 2.05) is 65.8 Å². The van der Waals surface area contributed by atoms with E-state index in [1.54, 1.807) is 49.6 Å². The van der Waals surface area contributed by atoms with Crippen molar-refractivity contribution in [2.24, 2.45) is 0 Å². The fourth-order valence-electron chi connectivity index (χ4n) is 4.63. The first-order chi connectivity index (χ1) is 19.9. The number of anilines is 1. The molecular formula is C33H43N3O5S. The standard InChI is InChI=1S/C33H43N3O5S/c1-8-26(6)34-33(38)30(9-2)35(21-27-14-16-28(41-7)17-15-27)32(37)22-36(31-20-24(4)10-13-25(31)5)42(39,40)29-18-11-23(3)12-19-29/h10-20,26,30H,8-9,21-22H2,1-7H3,(H,34,38)/t26-,30-/m0/s1. The maximum atomic E-state index is 14.3. The summed E-state index contributed by atoms with van der Waals surface area (Å²) in [5, 5.41) is 3.00. The van der Waals surface area contributed by atoms with E-state index in [9.17, 15) is 18.0 Å². The smallest absolute Gasteiger partial charge is 0.264 e. The first kappa shape index (κ1) is 32.7. The van der Waals surface area contributed by atoms with Crippen molar-refractivity contribution in [1.29, 1.82) is 0 Å². The van der Waals surface area contributed by atoms with Gasteiger partial charge in [0.15, 0.2) is 0 Å². The van der Waals surface area contributed by atoms with Crippen molar-refractivity contribution in [2.75, 3.05) is 18.0 Å². The Bertz CT molecular complexity index is 1470. The van der Waals surface area contributed by atoms with Crippen molar-refractivity contribution in [3.63, 3.8) is 0 Å². The Balaban J connectivity index is 2.09. The Morgan fingerprint density at radius 2 is 1.50 bits per heavy atom. The number of methoxy groups -OCH3 is 1. The fraction of sp³-hybridized carbons (Fsp3) is 0.394. The van der Waals surface area contributed by atoms with Gasteiger partial charge in [0.05, 0.1) is 17.7 Å². The van der Waals surface area contributed by atoms with Crippen LogP contribution in [0.2, 0.25) is 0 Å². The zero-order valence-electron chi connectivity index (χ0n) is 25.7. The molecule has 226 valence electrons. The molecule has 0 bridgehead atoms. The molecule has 0 unspecified atom stereocenters. The Hall–Kier alpha value is -3.85. The van der Waals surface area contributed by atoms with Crippen molar-refractivity contribution in [1.82, 2.24) is 10.2 Å². The minimum Gasteiger partial charge on any atom is -0.497 e. The van der Waals surface area contributed by atoms with Gasteiger partial charge in [0, 0.05) is 12.6 Å². The van der Waals surface area contributed by atoms with Gasteiger partial charge in [-0.1, -0.05) is 55.8 Å². The Kier molecular flexibility index (Phi) is 11.2. The van der Waals surface area contributed by atoms with Gasteiger partial charge in [-0.25, -0.2) is 8.42 Å². The van der Waals surface area contributed by atoms with E-state index in [1.165, 1.54) is 9.21 Å². The summed E-state index contributed by atoms with van der Waals surface area (Å²) in [7, 11) is -2.55. The van der Waals surface area contributed by atoms with Crippen molar-refractivity contribution in [2.45, 2.75) is 77.9 Å². The highest BCUT2D eigenvalue weighted by molar-refractivity contribution is 7.92. The zero-order chi connectivity index (χ0) is 31.0. The Morgan fingerprint density at radius 3 is 2.07 bits per heavy atom. The molecule has 0 aliphatic heterocycles. The van der Waals surface area contributed by atoms with Gasteiger partial charge in [-0.15, -0.1) is 0 Å². The van der Waals surface area contributed by atoms with E-state index in [2.05, 4.69) is 5.32 Å². The summed E-state index contributed by atoms with van der Waals surface area (Å²) in [5.74, 6) is -0.0783. The molecule has 0 fully saturated rings. The van der Waals surface area contributed by atoms with Gasteiger partial charge in [-0.05, 0) is 87.6 Å². The molecule has 3 aromatic carbocycles. The van der Waals surface area contributed by atoms with Crippen LogP contribution in [0.25, 0.3) is 0 Å². The molecule has 0 heterocycles. The number of hydrogen-bond donors (Lipinski definition) is 1. The average Bonchev–Trinajstić information content (AvgIpc) is 2.97. The first-order valence-electron chi connectivity index (χ1n) is 14.3. The first-order valence-corrected chi connectivity index (χ1v) is 15.7. The lowest BCUT2D eigenvalue weighted by Gasteiger charge is -2.34. The van der Waals surface area contributed by atoms with Gasteiger partial charge in [0.1, 0.15) is 18.3 Å². The molecule has 0 radical (unpaired) electrons. The Labute approximate surface area is 250 Å². The lowest BCUT2D eigenvalue weighted by molar-refractivity contribution is -0.140. The van der Waals surface area contributed by atoms with Crippen molar-refractivity contribution in [3.8, 4) is 5.75 Å². The number of rotatable bonds is 13. The number of nitrogens with one attached hydrogen (secondary N) is 1. The molecule has 0 aliphatic carbocycles. The molecule has 1 N–H and O–H groups in total. The number of ether oxygens (including phenoxy) is 1. The lowest BCUT2D eigenvalue weighted by Crippen LogP contribution is -2.53. The van der Waals surface area contributed by atoms with Gasteiger partial charge >= 0.3 is 0 Å². The number of hydrogen-bond acceptors (Lipinski definition) is 5. The molecule has 0 aliphatic rings. The van der Waals surface area contributed by atoms with E-state index in [0.29, 0.717) is 23.4 Å². The predicted molar refractivity (Wildman–Crippen MR) is 167 cm³/mol. The van der Waals surface area contributed by atoms with Crippen LogP contribution >= 0.6 is 0 Å². The topological polar surface area (TPSA) is 96.0 Å². The van der Waals surface area contributed by atoms with E-state index < -0.39 is 28.5 Å². The third-order valence-corrected chi connectivity index (χ3v) is 9.19. The summed E-state index contributed by atoms with van der Waals surface area (Å²) in [5.41, 5.74) is 3.71. The molecular weight excluding hydrogens is 550 g/mol. The molecule has 9 heteroatoms. The molecule has 8 nitrogen and oxygen atoms in total. The second kappa shape index (κ2) is 14.4. The summed E-state index contributed by atoms with van der Waals surface area (Å²) in [6.07, 6.45) is 1.10. The van der Waals surface area contributed by atoms with Crippen LogP contribution in [-0.2, 0) is 26.2 Å². The van der Waals surface area contributed by atoms with Crippen molar-refractivity contribution < 1.29 is 22.7 Å². The highest BCUT2D eigenvalue weighted by Gasteiger charge is 2.34. The molecule has 42 heavy (non-hydrogen) atoms. The number of sulfonamides is 1. The molecule has 0 saturated carbocycles. The molecule has 2 atom stereocenters. The largest absolute Gasteiger partial charge is 0.497 e. The Morgan fingerprint density at radius 1 is 0.881 bits per heavy atom. The van der Waals surface area contributed by atoms with Crippen LogP contribution in [0.3, 0.4) is 0 Å². The second-order valence-corrected chi connectivity index (χ2v) is 12.6. The van der Waals surface area contributed by atoms with E-state index in [-0.39, 0.29) is 23.4 Å². The number of benzene rings is 3. The number of amides is 2. The highest BCUT2D eigenvalue weighted by atomic mass is 32.2. The van der Waals surface area contributed by atoms with Gasteiger partial charge in [0.2, 0.25) is 11.8 Å². The third-order valence-electron chi connectivity index (χ3n) is 7.42. The van der Waals surface area contributed by atoms with Gasteiger partial charge < -0.3 is 15.0 Å². The fourth-order valence-corrected chi connectivity index (χ4v) is 6.10. The molecule has 3 aromatic rings. The maximum absolute atomic E-state index is 14.3. The average molecular weight is 594 g/mol. The van der Waals surface area contributed by atoms with Crippen LogP contribution in [0.1, 0.15) is 55.9 Å². The van der Waals surface area contributed by atoms with Crippen LogP contribution in [-0.4, -0.2) is 50.9 Å². The van der Waals surface area contributed by atoms with Gasteiger partial charge in [0.25, 0.3) is 10.0 Å². The van der Waals surface area contributed by atoms with Crippen LogP contribution in [0, 0.1) is 20.8 Å². The number of aryl methyl sites for hydroxylation is 3. The molecule has 3 rings (SSSR count). The van der Waals surface area contributed by atoms with Gasteiger partial charge in [-0.2, -0.15) is 0 Å². The molecule has 0 aromatic heterocycles. The summed E-state index contributed by atoms with van der Waals surface area (Å²) in [6.45, 7) is 11.0. The van der Waals surface area contributed by atoms with Crippen molar-refractivity contribution >= 4 is 27.5 Å². The zero-order valence-corrected chi connectivity index (χ0v) is 26.5. The minimum atomic E-state index is -4.13. The van der Waals surface area contributed by atoms with Gasteiger partial charge in [-0.3, -0.25) is 13.9 Å². The summed E-state index contributed by atoms with van der Waals surface area (Å²) in [6, 6.07) is 18.5. The maximum Gasteiger partial charge on any atom is 0.264 e. The molecule has 0 saturated heterocycles. The quantitative estimate of drug-likeness (QED) is 0.281.